The van der Waals surface area contributed by atoms with Gasteiger partial charge >= 0.3 is 5.97 Å². The Hall–Kier alpha value is -3.30. The summed E-state index contributed by atoms with van der Waals surface area (Å²) in [5, 5.41) is 6.79. The van der Waals surface area contributed by atoms with Crippen molar-refractivity contribution in [3.05, 3.63) is 29.2 Å². The minimum absolute atomic E-state index is 0.294. The van der Waals surface area contributed by atoms with Crippen molar-refractivity contribution in [2.24, 2.45) is 16.3 Å². The molecule has 0 saturated carbocycles. The Kier molecular flexibility index (Phi) is 4.17. The lowest BCUT2D eigenvalue weighted by Gasteiger charge is -2.17. The Morgan fingerprint density at radius 1 is 1.24 bits per heavy atom. The Morgan fingerprint density at radius 3 is 2.48 bits per heavy atom. The summed E-state index contributed by atoms with van der Waals surface area (Å²) in [5.74, 6) is -2.91. The highest BCUT2D eigenvalue weighted by Crippen LogP contribution is 2.35. The van der Waals surface area contributed by atoms with Crippen LogP contribution in [0.3, 0.4) is 0 Å². The monoisotopic (exact) mass is 346 g/mol. The fourth-order valence-electron chi connectivity index (χ4n) is 2.84. The van der Waals surface area contributed by atoms with Crippen LogP contribution in [0.2, 0.25) is 0 Å². The normalized spacial score (nSPS) is 21.9. The molecular formula is C15H14N4O6. The zero-order valence-electron chi connectivity index (χ0n) is 13.4. The number of rotatable bonds is 5. The van der Waals surface area contributed by atoms with Gasteiger partial charge in [-0.05, 0) is 31.2 Å². The number of nitroso groups, excluding NO2 is 1. The molecule has 1 fully saturated rings. The quantitative estimate of drug-likeness (QED) is 0.432. The van der Waals surface area contributed by atoms with Gasteiger partial charge in [-0.3, -0.25) is 9.59 Å². The van der Waals surface area contributed by atoms with E-state index in [9.17, 15) is 19.3 Å². The maximum Gasteiger partial charge on any atom is 0.355 e. The highest BCUT2D eigenvalue weighted by Gasteiger charge is 2.59. The third-order valence-electron chi connectivity index (χ3n) is 3.91. The van der Waals surface area contributed by atoms with E-state index in [1.54, 1.807) is 12.1 Å². The lowest BCUT2D eigenvalue weighted by Crippen LogP contribution is -2.36. The molecule has 0 spiro atoms. The smallest absolute Gasteiger partial charge is 0.355 e. The average molecular weight is 346 g/mol. The van der Waals surface area contributed by atoms with Gasteiger partial charge in [0.05, 0.1) is 24.7 Å². The van der Waals surface area contributed by atoms with E-state index in [2.05, 4.69) is 15.1 Å². The van der Waals surface area contributed by atoms with Crippen LogP contribution in [-0.2, 0) is 19.1 Å². The van der Waals surface area contributed by atoms with E-state index in [0.29, 0.717) is 23.2 Å². The zero-order valence-corrected chi connectivity index (χ0v) is 13.4. The van der Waals surface area contributed by atoms with Crippen LogP contribution < -0.4 is 9.64 Å². The minimum Gasteiger partial charge on any atom is -0.494 e. The van der Waals surface area contributed by atoms with Gasteiger partial charge in [-0.1, -0.05) is 0 Å². The van der Waals surface area contributed by atoms with Crippen LogP contribution in [0.25, 0.3) is 0 Å². The lowest BCUT2D eigenvalue weighted by atomic mass is 9.98. The van der Waals surface area contributed by atoms with Gasteiger partial charge in [0.1, 0.15) is 11.7 Å². The van der Waals surface area contributed by atoms with Crippen LogP contribution in [0, 0.1) is 10.8 Å². The fourth-order valence-corrected chi connectivity index (χ4v) is 2.84. The van der Waals surface area contributed by atoms with Gasteiger partial charge in [-0.25, -0.2) is 9.69 Å². The van der Waals surface area contributed by atoms with Crippen molar-refractivity contribution in [1.29, 1.82) is 0 Å². The molecule has 10 heteroatoms. The molecule has 1 aromatic rings. The van der Waals surface area contributed by atoms with E-state index in [-0.39, 0.29) is 5.71 Å². The predicted octanol–water partition coefficient (Wildman–Crippen LogP) is 0.469. The van der Waals surface area contributed by atoms with Crippen LogP contribution in [0.4, 0.5) is 5.69 Å². The molecular weight excluding hydrogens is 332 g/mol. The molecule has 130 valence electrons. The number of carbonyl (C=O) groups is 3. The van der Waals surface area contributed by atoms with Gasteiger partial charge in [0.25, 0.3) is 5.91 Å². The summed E-state index contributed by atoms with van der Waals surface area (Å²) >= 11 is 0. The summed E-state index contributed by atoms with van der Waals surface area (Å²) in [6, 6.07) is 5.01. The van der Waals surface area contributed by atoms with Crippen molar-refractivity contribution in [3.63, 3.8) is 0 Å². The molecule has 2 atom stereocenters. The standard InChI is InChI=1S/C15H14N4O6/c1-3-25-9-6-4-8(5-7-9)18-13(20)10-11(15(22)24-2)16-19(17-23)12(10)14(18)21/h4-7,10,12H,3H2,1-2H3/t10-,12+/m0/s1. The molecule has 0 unspecified atom stereocenters. The number of hydrogen-bond donors (Lipinski definition) is 0. The molecule has 0 aliphatic carbocycles. The van der Waals surface area contributed by atoms with Crippen LogP contribution >= 0.6 is 0 Å². The molecule has 2 heterocycles. The third kappa shape index (κ3) is 2.51. The first kappa shape index (κ1) is 16.6. The van der Waals surface area contributed by atoms with E-state index >= 15 is 0 Å². The highest BCUT2D eigenvalue weighted by atomic mass is 16.5. The fraction of sp³-hybridized carbons (Fsp3) is 0.333. The van der Waals surface area contributed by atoms with Crippen molar-refractivity contribution in [2.45, 2.75) is 13.0 Å². The van der Waals surface area contributed by atoms with Gasteiger partial charge in [-0.15, -0.1) is 15.1 Å². The summed E-state index contributed by atoms with van der Waals surface area (Å²) in [4.78, 5) is 49.0. The Bertz CT molecular complexity index is 775. The number of amides is 2. The van der Waals surface area contributed by atoms with Gasteiger partial charge in [0.2, 0.25) is 5.91 Å². The summed E-state index contributed by atoms with van der Waals surface area (Å²) < 4.78 is 9.88. The van der Waals surface area contributed by atoms with E-state index in [4.69, 9.17) is 4.74 Å². The number of benzene rings is 1. The number of anilines is 1. The number of hydrogen-bond acceptors (Lipinski definition) is 8. The number of esters is 1. The third-order valence-corrected chi connectivity index (χ3v) is 3.91. The van der Waals surface area contributed by atoms with Gasteiger partial charge in [0, 0.05) is 0 Å². The summed E-state index contributed by atoms with van der Waals surface area (Å²) in [6.45, 7) is 2.31. The van der Waals surface area contributed by atoms with E-state index in [1.165, 1.54) is 12.1 Å². The molecule has 10 nitrogen and oxygen atoms in total. The molecule has 3 rings (SSSR count). The number of fused-ring (bicyclic) bond motifs is 1. The van der Waals surface area contributed by atoms with Crippen molar-refractivity contribution >= 4 is 29.2 Å². The number of hydrazone groups is 1. The van der Waals surface area contributed by atoms with Crippen molar-refractivity contribution in [3.8, 4) is 5.75 Å². The van der Waals surface area contributed by atoms with Crippen LogP contribution in [0.5, 0.6) is 5.75 Å². The number of nitrogens with zero attached hydrogens (tertiary/aromatic N) is 4. The number of imide groups is 1. The molecule has 1 saturated heterocycles. The van der Waals surface area contributed by atoms with Gasteiger partial charge < -0.3 is 9.47 Å². The summed E-state index contributed by atoms with van der Waals surface area (Å²) in [5.41, 5.74) is -0.0261. The number of methoxy groups -OCH3 is 1. The Balaban J connectivity index is 1.96. The molecule has 0 aromatic heterocycles. The van der Waals surface area contributed by atoms with E-state index < -0.39 is 29.7 Å². The van der Waals surface area contributed by atoms with E-state index in [0.717, 1.165) is 12.0 Å². The summed E-state index contributed by atoms with van der Waals surface area (Å²) in [6.07, 6.45) is 0. The van der Waals surface area contributed by atoms with Crippen LogP contribution in [0.15, 0.2) is 34.7 Å². The SMILES string of the molecule is CCOc1ccc(N2C(=O)[C@H]3C(C(=O)OC)=NN(N=O)[C@H]3C2=O)cc1. The number of ether oxygens (including phenoxy) is 2. The second-order valence-corrected chi connectivity index (χ2v) is 5.24. The first-order chi connectivity index (χ1) is 12.0. The van der Waals surface area contributed by atoms with Gasteiger partial charge in [-0.2, -0.15) is 0 Å². The largest absolute Gasteiger partial charge is 0.494 e. The maximum absolute atomic E-state index is 12.7. The molecule has 1 aromatic carbocycles. The number of carbonyl (C=O) groups excluding carboxylic acids is 3. The molecule has 2 amide bonds. The molecule has 0 bridgehead atoms. The maximum atomic E-state index is 12.7. The highest BCUT2D eigenvalue weighted by molar-refractivity contribution is 6.46. The molecule has 0 N–H and O–H groups in total. The second kappa shape index (κ2) is 6.30. The summed E-state index contributed by atoms with van der Waals surface area (Å²) in [7, 11) is 1.11. The lowest BCUT2D eigenvalue weighted by molar-refractivity contribution is -0.133. The van der Waals surface area contributed by atoms with E-state index in [1.807, 2.05) is 6.92 Å². The molecule has 2 aliphatic heterocycles. The average Bonchev–Trinajstić information content (AvgIpc) is 3.13. The van der Waals surface area contributed by atoms with Crippen LogP contribution in [0.1, 0.15) is 6.92 Å². The Morgan fingerprint density at radius 2 is 1.92 bits per heavy atom. The Labute approximate surface area is 141 Å². The minimum atomic E-state index is -1.29. The van der Waals surface area contributed by atoms with Crippen molar-refractivity contribution < 1.29 is 23.9 Å². The van der Waals surface area contributed by atoms with Crippen LogP contribution in [-0.4, -0.2) is 48.4 Å². The van der Waals surface area contributed by atoms with Crippen molar-refractivity contribution in [2.75, 3.05) is 18.6 Å². The topological polar surface area (TPSA) is 118 Å². The van der Waals surface area contributed by atoms with Crippen molar-refractivity contribution in [1.82, 2.24) is 5.12 Å². The zero-order chi connectivity index (χ0) is 18.1. The predicted molar refractivity (Wildman–Crippen MR) is 84.5 cm³/mol. The first-order valence-electron chi connectivity index (χ1n) is 7.43. The molecule has 2 aliphatic rings. The first-order valence-corrected chi connectivity index (χ1v) is 7.43. The second-order valence-electron chi connectivity index (χ2n) is 5.24. The van der Waals surface area contributed by atoms with Gasteiger partial charge in [0.15, 0.2) is 11.8 Å². The molecule has 0 radical (unpaired) electrons. The molecule has 25 heavy (non-hydrogen) atoms.